The molecule has 0 fully saturated rings. The van der Waals surface area contributed by atoms with Gasteiger partial charge in [0.1, 0.15) is 6.61 Å². The molecule has 0 saturated carbocycles. The number of nitrogens with one attached hydrogen (secondary N) is 2. The molecule has 6 heteroatoms. The van der Waals surface area contributed by atoms with Crippen LogP contribution in [0.5, 0.6) is 0 Å². The van der Waals surface area contributed by atoms with Gasteiger partial charge in [0.25, 0.3) is 0 Å². The van der Waals surface area contributed by atoms with Crippen LogP contribution in [-0.4, -0.2) is 30.1 Å². The van der Waals surface area contributed by atoms with Crippen molar-refractivity contribution in [3.63, 3.8) is 0 Å². The molecule has 0 aromatic heterocycles. The van der Waals surface area contributed by atoms with Crippen molar-refractivity contribution in [1.29, 1.82) is 0 Å². The highest BCUT2D eigenvalue weighted by atomic mass is 16.5. The number of amides is 3. The van der Waals surface area contributed by atoms with Gasteiger partial charge in [-0.05, 0) is 42.3 Å². The van der Waals surface area contributed by atoms with E-state index < -0.39 is 0 Å². The van der Waals surface area contributed by atoms with Crippen molar-refractivity contribution >= 4 is 23.3 Å². The Morgan fingerprint density at radius 3 is 2.08 bits per heavy atom. The van der Waals surface area contributed by atoms with Crippen molar-refractivity contribution in [3.05, 3.63) is 59.7 Å². The van der Waals surface area contributed by atoms with Crippen LogP contribution in [0.25, 0.3) is 0 Å². The van der Waals surface area contributed by atoms with Crippen LogP contribution in [-0.2, 0) is 22.6 Å². The van der Waals surface area contributed by atoms with Gasteiger partial charge in [0.2, 0.25) is 5.91 Å². The quantitative estimate of drug-likeness (QED) is 0.879. The van der Waals surface area contributed by atoms with Gasteiger partial charge in [0.15, 0.2) is 0 Å². The minimum atomic E-state index is -0.200. The summed E-state index contributed by atoms with van der Waals surface area (Å²) in [5.41, 5.74) is 3.72. The number of carbonyl (C=O) groups excluding carboxylic acids is 2. The fourth-order valence-corrected chi connectivity index (χ4v) is 2.71. The molecule has 2 N–H and O–H groups in total. The van der Waals surface area contributed by atoms with E-state index in [1.807, 2.05) is 31.2 Å². The van der Waals surface area contributed by atoms with Gasteiger partial charge in [-0.15, -0.1) is 0 Å². The second kappa shape index (κ2) is 7.81. The Morgan fingerprint density at radius 2 is 1.52 bits per heavy atom. The summed E-state index contributed by atoms with van der Waals surface area (Å²) < 4.78 is 5.05. The molecule has 1 aliphatic rings. The van der Waals surface area contributed by atoms with Gasteiger partial charge in [-0.25, -0.2) is 4.79 Å². The summed E-state index contributed by atoms with van der Waals surface area (Å²) in [6, 6.07) is 14.9. The van der Waals surface area contributed by atoms with E-state index in [2.05, 4.69) is 10.6 Å². The summed E-state index contributed by atoms with van der Waals surface area (Å²) >= 11 is 0. The number of urea groups is 1. The highest BCUT2D eigenvalue weighted by molar-refractivity contribution is 5.93. The van der Waals surface area contributed by atoms with Gasteiger partial charge >= 0.3 is 6.03 Å². The number of benzene rings is 2. The first kappa shape index (κ1) is 17.0. The molecule has 3 rings (SSSR count). The van der Waals surface area contributed by atoms with Crippen LogP contribution in [0.3, 0.4) is 0 Å². The van der Waals surface area contributed by atoms with E-state index in [9.17, 15) is 9.59 Å². The molecule has 0 aliphatic carbocycles. The maximum Gasteiger partial charge on any atom is 0.322 e. The second-order valence-electron chi connectivity index (χ2n) is 5.82. The molecule has 1 aliphatic heterocycles. The Balaban J connectivity index is 1.53. The normalized spacial score (nSPS) is 12.6. The van der Waals surface area contributed by atoms with Gasteiger partial charge in [-0.1, -0.05) is 24.3 Å². The monoisotopic (exact) mass is 339 g/mol. The SMILES string of the molecule is CCOCC(=O)Nc1ccc(NC(=O)N2Cc3ccccc3C2)cc1. The highest BCUT2D eigenvalue weighted by Crippen LogP contribution is 2.23. The zero-order chi connectivity index (χ0) is 17.6. The summed E-state index contributed by atoms with van der Waals surface area (Å²) in [5.74, 6) is -0.200. The fourth-order valence-electron chi connectivity index (χ4n) is 2.71. The summed E-state index contributed by atoms with van der Waals surface area (Å²) in [6.45, 7) is 3.61. The highest BCUT2D eigenvalue weighted by Gasteiger charge is 2.22. The minimum absolute atomic E-state index is 0.0322. The third-order valence-electron chi connectivity index (χ3n) is 3.99. The van der Waals surface area contributed by atoms with Crippen LogP contribution < -0.4 is 10.6 Å². The van der Waals surface area contributed by atoms with E-state index in [0.717, 1.165) is 0 Å². The molecule has 25 heavy (non-hydrogen) atoms. The van der Waals surface area contributed by atoms with Crippen LogP contribution in [0.2, 0.25) is 0 Å². The summed E-state index contributed by atoms with van der Waals surface area (Å²) in [5, 5.41) is 5.62. The molecule has 2 aromatic rings. The summed E-state index contributed by atoms with van der Waals surface area (Å²) in [7, 11) is 0. The van der Waals surface area contributed by atoms with Gasteiger partial charge in [-0.2, -0.15) is 0 Å². The molecule has 0 spiro atoms. The van der Waals surface area contributed by atoms with Crippen molar-refractivity contribution in [2.24, 2.45) is 0 Å². The molecule has 3 amide bonds. The first-order valence-corrected chi connectivity index (χ1v) is 8.26. The van der Waals surface area contributed by atoms with E-state index in [-0.39, 0.29) is 18.5 Å². The number of carbonyl (C=O) groups is 2. The molecule has 0 radical (unpaired) electrons. The van der Waals surface area contributed by atoms with Crippen LogP contribution in [0.1, 0.15) is 18.1 Å². The van der Waals surface area contributed by atoms with Crippen molar-refractivity contribution in [1.82, 2.24) is 4.90 Å². The lowest BCUT2D eigenvalue weighted by Crippen LogP contribution is -2.30. The lowest BCUT2D eigenvalue weighted by Gasteiger charge is -2.16. The zero-order valence-electron chi connectivity index (χ0n) is 14.1. The first-order valence-electron chi connectivity index (χ1n) is 8.26. The Hall–Kier alpha value is -2.86. The topological polar surface area (TPSA) is 70.7 Å². The Bertz CT molecular complexity index is 734. The molecule has 0 atom stereocenters. The summed E-state index contributed by atoms with van der Waals surface area (Å²) in [4.78, 5) is 25.8. The largest absolute Gasteiger partial charge is 0.372 e. The maximum atomic E-state index is 12.4. The maximum absolute atomic E-state index is 12.4. The Kier molecular flexibility index (Phi) is 5.30. The van der Waals surface area contributed by atoms with Gasteiger partial charge in [0.05, 0.1) is 0 Å². The molecule has 0 saturated heterocycles. The molecular weight excluding hydrogens is 318 g/mol. The van der Waals surface area contributed by atoms with E-state index in [0.29, 0.717) is 31.1 Å². The predicted molar refractivity (Wildman–Crippen MR) is 96.3 cm³/mol. The molecule has 130 valence electrons. The Morgan fingerprint density at radius 1 is 0.960 bits per heavy atom. The number of rotatable bonds is 5. The summed E-state index contributed by atoms with van der Waals surface area (Å²) in [6.07, 6.45) is 0. The molecule has 0 bridgehead atoms. The minimum Gasteiger partial charge on any atom is -0.372 e. The first-order chi connectivity index (χ1) is 12.2. The average Bonchev–Trinajstić information content (AvgIpc) is 3.06. The lowest BCUT2D eigenvalue weighted by molar-refractivity contribution is -0.120. The van der Waals surface area contributed by atoms with Gasteiger partial charge in [-0.3, -0.25) is 4.79 Å². The van der Waals surface area contributed by atoms with E-state index in [1.165, 1.54) is 11.1 Å². The van der Waals surface area contributed by atoms with Crippen LogP contribution in [0, 0.1) is 0 Å². The zero-order valence-corrected chi connectivity index (χ0v) is 14.1. The third kappa shape index (κ3) is 4.36. The fraction of sp³-hybridized carbons (Fsp3) is 0.263. The van der Waals surface area contributed by atoms with E-state index in [1.54, 1.807) is 29.2 Å². The van der Waals surface area contributed by atoms with E-state index in [4.69, 9.17) is 4.74 Å². The van der Waals surface area contributed by atoms with E-state index >= 15 is 0 Å². The van der Waals surface area contributed by atoms with Crippen LogP contribution in [0.4, 0.5) is 16.2 Å². The van der Waals surface area contributed by atoms with Gasteiger partial charge < -0.3 is 20.3 Å². The number of anilines is 2. The molecule has 2 aromatic carbocycles. The number of hydrogen-bond donors (Lipinski definition) is 2. The number of ether oxygens (including phenoxy) is 1. The van der Waals surface area contributed by atoms with Crippen LogP contribution >= 0.6 is 0 Å². The molecule has 6 nitrogen and oxygen atoms in total. The average molecular weight is 339 g/mol. The molecule has 1 heterocycles. The smallest absolute Gasteiger partial charge is 0.322 e. The molecular formula is C19H21N3O3. The predicted octanol–water partition coefficient (Wildman–Crippen LogP) is 3.21. The van der Waals surface area contributed by atoms with Gasteiger partial charge in [0, 0.05) is 31.1 Å². The second-order valence-corrected chi connectivity index (χ2v) is 5.82. The Labute approximate surface area is 146 Å². The van der Waals surface area contributed by atoms with Crippen LogP contribution in [0.15, 0.2) is 48.5 Å². The lowest BCUT2D eigenvalue weighted by atomic mass is 10.1. The van der Waals surface area contributed by atoms with Crippen molar-refractivity contribution in [2.45, 2.75) is 20.0 Å². The van der Waals surface area contributed by atoms with Crippen molar-refractivity contribution in [3.8, 4) is 0 Å². The van der Waals surface area contributed by atoms with Crippen molar-refractivity contribution < 1.29 is 14.3 Å². The number of nitrogens with zero attached hydrogens (tertiary/aromatic N) is 1. The molecule has 0 unspecified atom stereocenters. The standard InChI is InChI=1S/C19H21N3O3/c1-2-25-13-18(23)20-16-7-9-17(10-8-16)21-19(24)22-11-14-5-3-4-6-15(14)12-22/h3-10H,2,11-13H2,1H3,(H,20,23)(H,21,24). The third-order valence-corrected chi connectivity index (χ3v) is 3.99. The van der Waals surface area contributed by atoms with Crippen molar-refractivity contribution in [2.75, 3.05) is 23.8 Å². The number of hydrogen-bond acceptors (Lipinski definition) is 3. The number of fused-ring (bicyclic) bond motifs is 1.